The van der Waals surface area contributed by atoms with Gasteiger partial charge in [0.25, 0.3) is 0 Å². The Labute approximate surface area is 117 Å². The van der Waals surface area contributed by atoms with Gasteiger partial charge in [-0.25, -0.2) is 4.98 Å². The molecule has 2 aromatic rings. The van der Waals surface area contributed by atoms with Crippen LogP contribution in [0.3, 0.4) is 0 Å². The van der Waals surface area contributed by atoms with E-state index >= 15 is 0 Å². The summed E-state index contributed by atoms with van der Waals surface area (Å²) in [5.74, 6) is 1.78. The third-order valence-electron chi connectivity index (χ3n) is 2.55. The normalized spacial score (nSPS) is 10.1. The molecule has 0 bridgehead atoms. The number of nitrogen functional groups attached to an aromatic ring is 1. The highest BCUT2D eigenvalue weighted by Crippen LogP contribution is 2.25. The fraction of sp³-hybridized carbons (Fsp3) is 0.200. The van der Waals surface area contributed by atoms with E-state index in [1.807, 2.05) is 24.3 Å². The minimum absolute atomic E-state index is 0.122. The Morgan fingerprint density at radius 2 is 1.90 bits per heavy atom. The Hall–Kier alpha value is -2.56. The van der Waals surface area contributed by atoms with Crippen molar-refractivity contribution in [3.8, 4) is 17.2 Å². The number of amidine groups is 1. The average molecular weight is 271 g/mol. The lowest BCUT2D eigenvalue weighted by molar-refractivity contribution is 0.317. The summed E-state index contributed by atoms with van der Waals surface area (Å²) >= 11 is 0. The van der Waals surface area contributed by atoms with Gasteiger partial charge in [0.15, 0.2) is 5.75 Å². The zero-order valence-corrected chi connectivity index (χ0v) is 11.3. The van der Waals surface area contributed by atoms with Gasteiger partial charge in [0, 0.05) is 6.20 Å². The number of pyridine rings is 1. The van der Waals surface area contributed by atoms with E-state index in [-0.39, 0.29) is 5.84 Å². The van der Waals surface area contributed by atoms with Crippen LogP contribution in [0.2, 0.25) is 0 Å². The van der Waals surface area contributed by atoms with Gasteiger partial charge in [0.2, 0.25) is 0 Å². The molecule has 104 valence electrons. The van der Waals surface area contributed by atoms with E-state index in [2.05, 4.69) is 11.9 Å². The van der Waals surface area contributed by atoms with E-state index in [9.17, 15) is 0 Å². The minimum Gasteiger partial charge on any atom is -0.494 e. The van der Waals surface area contributed by atoms with Crippen molar-refractivity contribution >= 4 is 5.84 Å². The minimum atomic E-state index is -0.122. The van der Waals surface area contributed by atoms with Crippen LogP contribution in [0.15, 0.2) is 42.6 Å². The Morgan fingerprint density at radius 3 is 2.55 bits per heavy atom. The first-order valence-electron chi connectivity index (χ1n) is 6.41. The lowest BCUT2D eigenvalue weighted by Gasteiger charge is -2.10. The Bertz CT molecular complexity index is 582. The molecule has 0 radical (unpaired) electrons. The van der Waals surface area contributed by atoms with Gasteiger partial charge in [0.05, 0.1) is 6.61 Å². The standard InChI is InChI=1S/C15H17N3O2/c1-2-10-19-11-5-7-12(8-6-11)20-13-4-3-9-18-14(13)15(16)17/h3-9H,2,10H2,1H3,(H3,16,17). The molecule has 1 aromatic heterocycles. The summed E-state index contributed by atoms with van der Waals surface area (Å²) in [6.07, 6.45) is 2.54. The summed E-state index contributed by atoms with van der Waals surface area (Å²) in [6, 6.07) is 10.8. The molecule has 2 rings (SSSR count). The van der Waals surface area contributed by atoms with Crippen molar-refractivity contribution in [2.45, 2.75) is 13.3 Å². The van der Waals surface area contributed by atoms with Gasteiger partial charge in [-0.3, -0.25) is 5.41 Å². The molecule has 5 heteroatoms. The molecule has 0 saturated heterocycles. The molecule has 1 heterocycles. The first kappa shape index (κ1) is 13.9. The van der Waals surface area contributed by atoms with E-state index in [1.165, 1.54) is 0 Å². The number of benzene rings is 1. The molecule has 0 fully saturated rings. The first-order valence-corrected chi connectivity index (χ1v) is 6.41. The van der Waals surface area contributed by atoms with Crippen molar-refractivity contribution < 1.29 is 9.47 Å². The van der Waals surface area contributed by atoms with Gasteiger partial charge in [-0.15, -0.1) is 0 Å². The summed E-state index contributed by atoms with van der Waals surface area (Å²) < 4.78 is 11.2. The van der Waals surface area contributed by atoms with Gasteiger partial charge in [-0.05, 0) is 42.8 Å². The second-order valence-electron chi connectivity index (χ2n) is 4.19. The number of nitrogens with one attached hydrogen (secondary N) is 1. The molecule has 0 unspecified atom stereocenters. The van der Waals surface area contributed by atoms with Crippen LogP contribution in [-0.4, -0.2) is 17.4 Å². The summed E-state index contributed by atoms with van der Waals surface area (Å²) in [5, 5.41) is 7.47. The molecule has 0 amide bonds. The van der Waals surface area contributed by atoms with E-state index in [0.717, 1.165) is 12.2 Å². The summed E-state index contributed by atoms with van der Waals surface area (Å²) in [6.45, 7) is 2.75. The molecule has 0 aliphatic heterocycles. The quantitative estimate of drug-likeness (QED) is 0.625. The maximum atomic E-state index is 7.47. The molecule has 20 heavy (non-hydrogen) atoms. The number of ether oxygens (including phenoxy) is 2. The fourth-order valence-corrected chi connectivity index (χ4v) is 1.63. The molecule has 3 N–H and O–H groups in total. The number of nitrogens with two attached hydrogens (primary N) is 1. The summed E-state index contributed by atoms with van der Waals surface area (Å²) in [4.78, 5) is 4.03. The largest absolute Gasteiger partial charge is 0.494 e. The lowest BCUT2D eigenvalue weighted by atomic mass is 10.3. The maximum absolute atomic E-state index is 7.47. The van der Waals surface area contributed by atoms with Crippen LogP contribution in [0.4, 0.5) is 0 Å². The second-order valence-corrected chi connectivity index (χ2v) is 4.19. The molecule has 0 spiro atoms. The first-order chi connectivity index (χ1) is 9.70. The molecular weight excluding hydrogens is 254 g/mol. The fourth-order valence-electron chi connectivity index (χ4n) is 1.63. The van der Waals surface area contributed by atoms with Gasteiger partial charge in [-0.1, -0.05) is 6.92 Å². The summed E-state index contributed by atoms with van der Waals surface area (Å²) in [5.41, 5.74) is 5.80. The van der Waals surface area contributed by atoms with Crippen molar-refractivity contribution in [2.75, 3.05) is 6.61 Å². The van der Waals surface area contributed by atoms with Crippen LogP contribution in [0.5, 0.6) is 17.2 Å². The monoisotopic (exact) mass is 271 g/mol. The SMILES string of the molecule is CCCOc1ccc(Oc2cccnc2C(=N)N)cc1. The van der Waals surface area contributed by atoms with Crippen LogP contribution in [0, 0.1) is 5.41 Å². The molecule has 0 aliphatic carbocycles. The highest BCUT2D eigenvalue weighted by molar-refractivity contribution is 5.95. The van der Waals surface area contributed by atoms with Crippen LogP contribution in [0.25, 0.3) is 0 Å². The number of hydrogen-bond acceptors (Lipinski definition) is 4. The number of aromatic nitrogens is 1. The third kappa shape index (κ3) is 3.47. The third-order valence-corrected chi connectivity index (χ3v) is 2.55. The van der Waals surface area contributed by atoms with E-state index in [4.69, 9.17) is 20.6 Å². The highest BCUT2D eigenvalue weighted by atomic mass is 16.5. The van der Waals surface area contributed by atoms with Gasteiger partial charge >= 0.3 is 0 Å². The number of rotatable bonds is 6. The zero-order chi connectivity index (χ0) is 14.4. The molecule has 5 nitrogen and oxygen atoms in total. The van der Waals surface area contributed by atoms with Crippen LogP contribution in [-0.2, 0) is 0 Å². The van der Waals surface area contributed by atoms with E-state index < -0.39 is 0 Å². The van der Waals surface area contributed by atoms with Gasteiger partial charge in [-0.2, -0.15) is 0 Å². The van der Waals surface area contributed by atoms with Crippen molar-refractivity contribution in [3.63, 3.8) is 0 Å². The predicted molar refractivity (Wildman–Crippen MR) is 77.6 cm³/mol. The molecular formula is C15H17N3O2. The van der Waals surface area contributed by atoms with Crippen LogP contribution < -0.4 is 15.2 Å². The number of nitrogens with zero attached hydrogens (tertiary/aromatic N) is 1. The Balaban J connectivity index is 2.12. The van der Waals surface area contributed by atoms with Gasteiger partial charge < -0.3 is 15.2 Å². The molecule has 0 atom stereocenters. The molecule has 0 aliphatic rings. The summed E-state index contributed by atoms with van der Waals surface area (Å²) in [7, 11) is 0. The second kappa shape index (κ2) is 6.56. The van der Waals surface area contributed by atoms with E-state index in [0.29, 0.717) is 23.8 Å². The molecule has 0 saturated carbocycles. The van der Waals surface area contributed by atoms with Crippen molar-refractivity contribution in [3.05, 3.63) is 48.3 Å². The number of hydrogen-bond donors (Lipinski definition) is 2. The predicted octanol–water partition coefficient (Wildman–Crippen LogP) is 2.95. The molecule has 1 aromatic carbocycles. The Morgan fingerprint density at radius 1 is 1.20 bits per heavy atom. The topological polar surface area (TPSA) is 81.2 Å². The van der Waals surface area contributed by atoms with E-state index in [1.54, 1.807) is 18.3 Å². The smallest absolute Gasteiger partial charge is 0.156 e. The van der Waals surface area contributed by atoms with Crippen LogP contribution >= 0.6 is 0 Å². The average Bonchev–Trinajstić information content (AvgIpc) is 2.47. The van der Waals surface area contributed by atoms with Crippen molar-refractivity contribution in [2.24, 2.45) is 5.73 Å². The zero-order valence-electron chi connectivity index (χ0n) is 11.3. The van der Waals surface area contributed by atoms with Gasteiger partial charge in [0.1, 0.15) is 23.0 Å². The van der Waals surface area contributed by atoms with Crippen molar-refractivity contribution in [1.29, 1.82) is 5.41 Å². The lowest BCUT2D eigenvalue weighted by Crippen LogP contribution is -2.14. The van der Waals surface area contributed by atoms with Crippen molar-refractivity contribution in [1.82, 2.24) is 4.98 Å². The maximum Gasteiger partial charge on any atom is 0.156 e. The Kier molecular flexibility index (Phi) is 4.55. The van der Waals surface area contributed by atoms with Crippen LogP contribution in [0.1, 0.15) is 19.0 Å². The highest BCUT2D eigenvalue weighted by Gasteiger charge is 2.08.